The molecule has 0 fully saturated rings. The van der Waals surface area contributed by atoms with Gasteiger partial charge in [0.15, 0.2) is 0 Å². The number of thiophene rings is 1. The number of halogens is 1. The van der Waals surface area contributed by atoms with Gasteiger partial charge in [-0.15, -0.1) is 11.3 Å². The lowest BCUT2D eigenvalue weighted by Gasteiger charge is -2.19. The predicted octanol–water partition coefficient (Wildman–Crippen LogP) is 2.95. The number of rotatable bonds is 5. The number of hydrogen-bond acceptors (Lipinski definition) is 4. The molecule has 0 amide bonds. The summed E-state index contributed by atoms with van der Waals surface area (Å²) in [6, 6.07) is 3.62. The summed E-state index contributed by atoms with van der Waals surface area (Å²) in [5, 5.41) is 6.68. The van der Waals surface area contributed by atoms with Crippen molar-refractivity contribution in [1.29, 1.82) is 0 Å². The van der Waals surface area contributed by atoms with Crippen LogP contribution in [-0.4, -0.2) is 29.5 Å². The third-order valence-electron chi connectivity index (χ3n) is 2.97. The summed E-state index contributed by atoms with van der Waals surface area (Å²) in [5.41, 5.74) is 1.05. The largest absolute Gasteiger partial charge is 0.281 e. The van der Waals surface area contributed by atoms with Crippen LogP contribution in [0.5, 0.6) is 0 Å². The molecule has 2 aromatic rings. The van der Waals surface area contributed by atoms with E-state index in [-0.39, 0.29) is 4.90 Å². The number of aromatic nitrogens is 2. The van der Waals surface area contributed by atoms with E-state index in [1.165, 1.54) is 15.6 Å². The molecule has 0 spiro atoms. The Kier molecular flexibility index (Phi) is 4.53. The first-order valence-electron chi connectivity index (χ1n) is 6.12. The predicted molar refractivity (Wildman–Crippen MR) is 80.7 cm³/mol. The van der Waals surface area contributed by atoms with Gasteiger partial charge in [-0.25, -0.2) is 8.42 Å². The molecule has 0 aliphatic carbocycles. The summed E-state index contributed by atoms with van der Waals surface area (Å²) in [5.74, 6) is 0. The molecule has 110 valence electrons. The summed E-state index contributed by atoms with van der Waals surface area (Å²) in [4.78, 5) is 1.18. The molecule has 20 heavy (non-hydrogen) atoms. The van der Waals surface area contributed by atoms with E-state index in [1.807, 2.05) is 13.0 Å². The van der Waals surface area contributed by atoms with Gasteiger partial charge < -0.3 is 0 Å². The molecule has 0 radical (unpaired) electrons. The lowest BCUT2D eigenvalue weighted by molar-refractivity contribution is 0.425. The molecule has 0 saturated heterocycles. The maximum absolute atomic E-state index is 12.7. The average Bonchev–Trinajstić information content (AvgIpc) is 2.92. The number of hydrogen-bond donors (Lipinski definition) is 1. The van der Waals surface area contributed by atoms with Crippen molar-refractivity contribution in [1.82, 2.24) is 14.5 Å². The van der Waals surface area contributed by atoms with E-state index in [9.17, 15) is 8.42 Å². The molecule has 0 aliphatic rings. The molecule has 5 nitrogen and oxygen atoms in total. The molecule has 0 bridgehead atoms. The van der Waals surface area contributed by atoms with E-state index in [1.54, 1.807) is 19.9 Å². The summed E-state index contributed by atoms with van der Waals surface area (Å²) >= 11 is 7.28. The topological polar surface area (TPSA) is 66.1 Å². The summed E-state index contributed by atoms with van der Waals surface area (Å²) in [7, 11) is -3.55. The molecule has 0 saturated carbocycles. The Bertz CT molecular complexity index is 687. The standard InChI is InChI=1S/C12H16ClN3O2S2/c1-4-16(7-10-5-6-11(13)19-10)20(17,18)12-8(2)14-15-9(12)3/h5-6H,4,7H2,1-3H3,(H,14,15). The first-order valence-corrected chi connectivity index (χ1v) is 8.75. The van der Waals surface area contributed by atoms with Crippen LogP contribution in [0.15, 0.2) is 17.0 Å². The van der Waals surface area contributed by atoms with Crippen LogP contribution in [0.1, 0.15) is 23.2 Å². The number of aryl methyl sites for hydroxylation is 2. The Morgan fingerprint density at radius 2 is 2.10 bits per heavy atom. The monoisotopic (exact) mass is 333 g/mol. The molecule has 0 unspecified atom stereocenters. The van der Waals surface area contributed by atoms with Gasteiger partial charge in [-0.1, -0.05) is 18.5 Å². The molecule has 2 aromatic heterocycles. The van der Waals surface area contributed by atoms with E-state index < -0.39 is 10.0 Å². The highest BCUT2D eigenvalue weighted by molar-refractivity contribution is 7.89. The lowest BCUT2D eigenvalue weighted by Crippen LogP contribution is -2.30. The third kappa shape index (κ3) is 2.90. The highest BCUT2D eigenvalue weighted by atomic mass is 35.5. The van der Waals surface area contributed by atoms with Crippen LogP contribution >= 0.6 is 22.9 Å². The minimum Gasteiger partial charge on any atom is -0.281 e. The van der Waals surface area contributed by atoms with Crippen molar-refractivity contribution in [2.24, 2.45) is 0 Å². The molecular weight excluding hydrogens is 318 g/mol. The second kappa shape index (κ2) is 5.85. The average molecular weight is 334 g/mol. The maximum atomic E-state index is 12.7. The zero-order valence-corrected chi connectivity index (χ0v) is 13.9. The first kappa shape index (κ1) is 15.5. The van der Waals surface area contributed by atoms with Crippen LogP contribution in [0.2, 0.25) is 4.34 Å². The number of sulfonamides is 1. The van der Waals surface area contributed by atoms with Gasteiger partial charge >= 0.3 is 0 Å². The molecule has 2 rings (SSSR count). The second-order valence-corrected chi connectivity index (χ2v) is 8.07. The van der Waals surface area contributed by atoms with Gasteiger partial charge in [0.05, 0.1) is 15.7 Å². The molecule has 2 heterocycles. The molecule has 0 atom stereocenters. The van der Waals surface area contributed by atoms with Crippen LogP contribution in [0, 0.1) is 13.8 Å². The van der Waals surface area contributed by atoms with E-state index in [0.717, 1.165) is 4.88 Å². The minimum absolute atomic E-state index is 0.266. The van der Waals surface area contributed by atoms with E-state index in [4.69, 9.17) is 11.6 Å². The Balaban J connectivity index is 2.35. The minimum atomic E-state index is -3.55. The second-order valence-electron chi connectivity index (χ2n) is 4.40. The molecule has 0 aliphatic heterocycles. The smallest absolute Gasteiger partial charge is 0.247 e. The van der Waals surface area contributed by atoms with Gasteiger partial charge in [0, 0.05) is 18.0 Å². The lowest BCUT2D eigenvalue weighted by atomic mass is 10.4. The Morgan fingerprint density at radius 3 is 2.55 bits per heavy atom. The van der Waals surface area contributed by atoms with E-state index in [2.05, 4.69) is 10.2 Å². The van der Waals surface area contributed by atoms with E-state index >= 15 is 0 Å². The van der Waals surface area contributed by atoms with Crippen LogP contribution in [0.25, 0.3) is 0 Å². The fraction of sp³-hybridized carbons (Fsp3) is 0.417. The maximum Gasteiger partial charge on any atom is 0.247 e. The first-order chi connectivity index (χ1) is 9.36. The highest BCUT2D eigenvalue weighted by Gasteiger charge is 2.28. The molecule has 0 aromatic carbocycles. The zero-order valence-electron chi connectivity index (χ0n) is 11.5. The van der Waals surface area contributed by atoms with Crippen LogP contribution < -0.4 is 0 Å². The Morgan fingerprint density at radius 1 is 1.40 bits per heavy atom. The van der Waals surface area contributed by atoms with Gasteiger partial charge in [-0.3, -0.25) is 5.10 Å². The number of aromatic amines is 1. The number of H-pyrrole nitrogens is 1. The molecule has 1 N–H and O–H groups in total. The van der Waals surface area contributed by atoms with Crippen molar-refractivity contribution in [2.75, 3.05) is 6.54 Å². The fourth-order valence-corrected chi connectivity index (χ4v) is 4.97. The van der Waals surface area contributed by atoms with Crippen LogP contribution in [-0.2, 0) is 16.6 Å². The Hall–Kier alpha value is -0.890. The van der Waals surface area contributed by atoms with Gasteiger partial charge in [0.2, 0.25) is 10.0 Å². The van der Waals surface area contributed by atoms with Crippen molar-refractivity contribution in [3.63, 3.8) is 0 Å². The summed E-state index contributed by atoms with van der Waals surface area (Å²) < 4.78 is 27.5. The van der Waals surface area contributed by atoms with Gasteiger partial charge in [0.25, 0.3) is 0 Å². The van der Waals surface area contributed by atoms with Crippen molar-refractivity contribution in [3.8, 4) is 0 Å². The third-order valence-corrected chi connectivity index (χ3v) is 6.37. The van der Waals surface area contributed by atoms with E-state index in [0.29, 0.717) is 28.8 Å². The van der Waals surface area contributed by atoms with Gasteiger partial charge in [-0.05, 0) is 26.0 Å². The van der Waals surface area contributed by atoms with Gasteiger partial charge in [-0.2, -0.15) is 9.40 Å². The van der Waals surface area contributed by atoms with Crippen molar-refractivity contribution >= 4 is 33.0 Å². The fourth-order valence-electron chi connectivity index (χ4n) is 2.03. The summed E-state index contributed by atoms with van der Waals surface area (Å²) in [6.45, 7) is 5.93. The quantitative estimate of drug-likeness (QED) is 0.914. The Labute approximate surface area is 127 Å². The zero-order chi connectivity index (χ0) is 14.9. The molecule has 8 heteroatoms. The highest BCUT2D eigenvalue weighted by Crippen LogP contribution is 2.27. The van der Waals surface area contributed by atoms with Crippen LogP contribution in [0.4, 0.5) is 0 Å². The van der Waals surface area contributed by atoms with Gasteiger partial charge in [0.1, 0.15) is 4.90 Å². The van der Waals surface area contributed by atoms with Crippen molar-refractivity contribution in [3.05, 3.63) is 32.7 Å². The van der Waals surface area contributed by atoms with Crippen molar-refractivity contribution in [2.45, 2.75) is 32.2 Å². The molecular formula is C12H16ClN3O2S2. The van der Waals surface area contributed by atoms with Crippen molar-refractivity contribution < 1.29 is 8.42 Å². The summed E-state index contributed by atoms with van der Waals surface area (Å²) in [6.07, 6.45) is 0. The van der Waals surface area contributed by atoms with Crippen LogP contribution in [0.3, 0.4) is 0 Å². The number of nitrogens with zero attached hydrogens (tertiary/aromatic N) is 2. The SMILES string of the molecule is CCN(Cc1ccc(Cl)s1)S(=O)(=O)c1c(C)n[nH]c1C. The number of nitrogens with one attached hydrogen (secondary N) is 1. The normalized spacial score (nSPS) is 12.2.